The molecule has 1 unspecified atom stereocenters. The highest BCUT2D eigenvalue weighted by Gasteiger charge is 2.24. The van der Waals surface area contributed by atoms with Crippen molar-refractivity contribution in [2.45, 2.75) is 33.3 Å². The molecule has 0 amide bonds. The lowest BCUT2D eigenvalue weighted by atomic mass is 10.0. The van der Waals surface area contributed by atoms with E-state index in [4.69, 9.17) is 9.72 Å². The normalized spacial score (nSPS) is 15.4. The summed E-state index contributed by atoms with van der Waals surface area (Å²) in [6, 6.07) is 14.5. The first-order valence-corrected chi connectivity index (χ1v) is 11.8. The van der Waals surface area contributed by atoms with Crippen molar-refractivity contribution in [3.05, 3.63) is 82.6 Å². The monoisotopic (exact) mass is 464 g/mol. The van der Waals surface area contributed by atoms with Gasteiger partial charge in [0.2, 0.25) is 0 Å². The molecule has 2 aromatic carbocycles. The van der Waals surface area contributed by atoms with Gasteiger partial charge in [-0.1, -0.05) is 30.3 Å². The lowest BCUT2D eigenvalue weighted by Gasteiger charge is -2.37. The second kappa shape index (κ2) is 10.9. The number of rotatable bonds is 8. The van der Waals surface area contributed by atoms with Crippen LogP contribution in [0.3, 0.4) is 0 Å². The molecular formula is C27H33FN4O2. The highest BCUT2D eigenvalue weighted by atomic mass is 19.1. The van der Waals surface area contributed by atoms with E-state index in [1.165, 1.54) is 6.07 Å². The zero-order chi connectivity index (χ0) is 24.1. The number of halogens is 1. The fourth-order valence-corrected chi connectivity index (χ4v) is 4.43. The number of nitrogens with zero attached hydrogens (tertiary/aromatic N) is 4. The van der Waals surface area contributed by atoms with Gasteiger partial charge in [0, 0.05) is 50.4 Å². The molecule has 1 atom stereocenters. The van der Waals surface area contributed by atoms with Crippen molar-refractivity contribution in [1.82, 2.24) is 14.9 Å². The number of ether oxygens (including phenoxy) is 1. The van der Waals surface area contributed by atoms with Crippen LogP contribution < -0.4 is 9.64 Å². The van der Waals surface area contributed by atoms with Crippen LogP contribution in [0.15, 0.2) is 48.5 Å². The second-order valence-electron chi connectivity index (χ2n) is 8.98. The number of piperazine rings is 1. The molecule has 0 bridgehead atoms. The number of benzene rings is 2. The molecule has 0 saturated carbocycles. The van der Waals surface area contributed by atoms with E-state index in [1.807, 2.05) is 51.1 Å². The minimum Gasteiger partial charge on any atom is -0.491 e. The third-order valence-corrected chi connectivity index (χ3v) is 6.24. The molecule has 1 aliphatic heterocycles. The van der Waals surface area contributed by atoms with Gasteiger partial charge in [0.05, 0.1) is 0 Å². The number of anilines is 1. The first-order valence-electron chi connectivity index (χ1n) is 11.8. The molecule has 180 valence electrons. The van der Waals surface area contributed by atoms with Gasteiger partial charge in [-0.15, -0.1) is 0 Å². The first-order chi connectivity index (χ1) is 16.4. The third-order valence-electron chi connectivity index (χ3n) is 6.24. The summed E-state index contributed by atoms with van der Waals surface area (Å²) in [5.41, 5.74) is 3.94. The molecule has 7 heteroatoms. The quantitative estimate of drug-likeness (QED) is 0.549. The maximum atomic E-state index is 13.7. The Kier molecular flexibility index (Phi) is 7.75. The summed E-state index contributed by atoms with van der Waals surface area (Å²) in [7, 11) is 0. The van der Waals surface area contributed by atoms with E-state index < -0.39 is 6.10 Å². The largest absolute Gasteiger partial charge is 0.491 e. The average molecular weight is 465 g/mol. The zero-order valence-electron chi connectivity index (χ0n) is 20.2. The molecule has 1 fully saturated rings. The summed E-state index contributed by atoms with van der Waals surface area (Å²) in [6.07, 6.45) is 0.0345. The van der Waals surface area contributed by atoms with Crippen molar-refractivity contribution >= 4 is 5.82 Å². The van der Waals surface area contributed by atoms with E-state index in [0.29, 0.717) is 13.0 Å². The summed E-state index contributed by atoms with van der Waals surface area (Å²) >= 11 is 0. The van der Waals surface area contributed by atoms with Crippen LogP contribution in [0, 0.1) is 26.6 Å². The van der Waals surface area contributed by atoms with Crippen LogP contribution >= 0.6 is 0 Å². The van der Waals surface area contributed by atoms with E-state index in [9.17, 15) is 9.50 Å². The Labute approximate surface area is 201 Å². The third kappa shape index (κ3) is 6.10. The Bertz CT molecular complexity index is 1120. The molecule has 2 heterocycles. The number of hydrogen-bond acceptors (Lipinski definition) is 6. The Morgan fingerprint density at radius 1 is 1.00 bits per heavy atom. The number of aliphatic hydroxyl groups excluding tert-OH is 1. The molecular weight excluding hydrogens is 431 g/mol. The summed E-state index contributed by atoms with van der Waals surface area (Å²) in [5, 5.41) is 10.5. The van der Waals surface area contributed by atoms with Crippen LogP contribution in [0.5, 0.6) is 5.75 Å². The summed E-state index contributed by atoms with van der Waals surface area (Å²) in [4.78, 5) is 13.9. The van der Waals surface area contributed by atoms with Crippen molar-refractivity contribution in [2.75, 3.05) is 44.2 Å². The average Bonchev–Trinajstić information content (AvgIpc) is 2.81. The molecule has 3 aromatic rings. The summed E-state index contributed by atoms with van der Waals surface area (Å²) < 4.78 is 19.5. The number of aromatic nitrogens is 2. The van der Waals surface area contributed by atoms with E-state index in [0.717, 1.165) is 66.0 Å². The first kappa shape index (κ1) is 24.1. The summed E-state index contributed by atoms with van der Waals surface area (Å²) in [6.45, 7) is 9.99. The minimum atomic E-state index is -0.557. The van der Waals surface area contributed by atoms with Gasteiger partial charge >= 0.3 is 0 Å². The van der Waals surface area contributed by atoms with Crippen LogP contribution in [0.25, 0.3) is 0 Å². The number of aryl methyl sites for hydroxylation is 3. The molecule has 4 rings (SSSR count). The number of β-amino-alcohol motifs (C(OH)–C–C–N with tert-alkyl or cyclic N) is 1. The molecule has 1 saturated heterocycles. The van der Waals surface area contributed by atoms with E-state index in [1.54, 1.807) is 12.1 Å². The van der Waals surface area contributed by atoms with Crippen LogP contribution in [0.1, 0.15) is 28.2 Å². The van der Waals surface area contributed by atoms with Crippen molar-refractivity contribution in [3.8, 4) is 5.75 Å². The van der Waals surface area contributed by atoms with Crippen LogP contribution in [0.2, 0.25) is 0 Å². The van der Waals surface area contributed by atoms with Gasteiger partial charge in [-0.05, 0) is 50.1 Å². The van der Waals surface area contributed by atoms with Gasteiger partial charge in [-0.2, -0.15) is 0 Å². The predicted molar refractivity (Wildman–Crippen MR) is 132 cm³/mol. The Hall–Kier alpha value is -3.03. The molecule has 0 aliphatic carbocycles. The fraction of sp³-hybridized carbons (Fsp3) is 0.407. The SMILES string of the molecule is Cc1nc(C)c(Cc2cccc(F)c2)c(N2CCN(CC(O)COc3ccccc3C)CC2)n1. The molecule has 0 spiro atoms. The van der Waals surface area contributed by atoms with E-state index in [-0.39, 0.29) is 12.4 Å². The molecule has 1 N–H and O–H groups in total. The van der Waals surface area contributed by atoms with Crippen LogP contribution in [-0.4, -0.2) is 65.4 Å². The number of para-hydroxylation sites is 1. The van der Waals surface area contributed by atoms with E-state index in [2.05, 4.69) is 14.8 Å². The second-order valence-corrected chi connectivity index (χ2v) is 8.98. The molecule has 1 aliphatic rings. The fourth-order valence-electron chi connectivity index (χ4n) is 4.43. The van der Waals surface area contributed by atoms with Gasteiger partial charge in [0.1, 0.15) is 35.9 Å². The standard InChI is InChI=1S/C27H33FN4O2/c1-19-7-4-5-10-26(19)34-18-24(33)17-31-11-13-32(14-12-31)27-25(20(2)29-21(3)30-27)16-22-8-6-9-23(28)15-22/h4-10,15,24,33H,11-14,16-18H2,1-3H3. The maximum Gasteiger partial charge on any atom is 0.136 e. The van der Waals surface area contributed by atoms with Gasteiger partial charge in [-0.3, -0.25) is 4.90 Å². The van der Waals surface area contributed by atoms with Gasteiger partial charge < -0.3 is 14.7 Å². The van der Waals surface area contributed by atoms with Crippen molar-refractivity contribution < 1.29 is 14.2 Å². The Balaban J connectivity index is 1.36. The maximum absolute atomic E-state index is 13.7. The van der Waals surface area contributed by atoms with Crippen molar-refractivity contribution in [3.63, 3.8) is 0 Å². The Morgan fingerprint density at radius 2 is 1.76 bits per heavy atom. The zero-order valence-corrected chi connectivity index (χ0v) is 20.2. The minimum absolute atomic E-state index is 0.233. The molecule has 6 nitrogen and oxygen atoms in total. The van der Waals surface area contributed by atoms with Gasteiger partial charge in [-0.25, -0.2) is 14.4 Å². The van der Waals surface area contributed by atoms with Crippen LogP contribution in [0.4, 0.5) is 10.2 Å². The van der Waals surface area contributed by atoms with Crippen molar-refractivity contribution in [2.24, 2.45) is 0 Å². The predicted octanol–water partition coefficient (Wildman–Crippen LogP) is 3.69. The van der Waals surface area contributed by atoms with E-state index >= 15 is 0 Å². The number of aliphatic hydroxyl groups is 1. The van der Waals surface area contributed by atoms with Crippen molar-refractivity contribution in [1.29, 1.82) is 0 Å². The van der Waals surface area contributed by atoms with Gasteiger partial charge in [0.15, 0.2) is 0 Å². The lowest BCUT2D eigenvalue weighted by Crippen LogP contribution is -2.49. The topological polar surface area (TPSA) is 61.7 Å². The lowest BCUT2D eigenvalue weighted by molar-refractivity contribution is 0.0660. The highest BCUT2D eigenvalue weighted by molar-refractivity contribution is 5.51. The molecule has 34 heavy (non-hydrogen) atoms. The smallest absolute Gasteiger partial charge is 0.136 e. The molecule has 0 radical (unpaired) electrons. The summed E-state index contributed by atoms with van der Waals surface area (Å²) in [5.74, 6) is 2.24. The Morgan fingerprint density at radius 3 is 2.50 bits per heavy atom. The highest BCUT2D eigenvalue weighted by Crippen LogP contribution is 2.25. The number of hydrogen-bond donors (Lipinski definition) is 1. The van der Waals surface area contributed by atoms with Gasteiger partial charge in [0.25, 0.3) is 0 Å². The molecule has 1 aromatic heterocycles. The van der Waals surface area contributed by atoms with Crippen LogP contribution in [-0.2, 0) is 6.42 Å².